The number of carbonyl (C=O) groups excluding carboxylic acids is 1. The molecular formula is C18H24N4O5S. The number of carbonyl (C=O) groups is 1. The van der Waals surface area contributed by atoms with Crippen LogP contribution in [0.3, 0.4) is 0 Å². The zero-order chi connectivity index (χ0) is 20.5. The van der Waals surface area contributed by atoms with Crippen LogP contribution in [0.25, 0.3) is 10.9 Å². The number of nitrogens with one attached hydrogen (secondary N) is 2. The lowest BCUT2D eigenvalue weighted by Gasteiger charge is -2.12. The Hall–Kier alpha value is -2.46. The predicted molar refractivity (Wildman–Crippen MR) is 105 cm³/mol. The fourth-order valence-electron chi connectivity index (χ4n) is 3.49. The molecule has 0 atom stereocenters. The van der Waals surface area contributed by atoms with Gasteiger partial charge in [-0.3, -0.25) is 18.7 Å². The highest BCUT2D eigenvalue weighted by Gasteiger charge is 2.19. The van der Waals surface area contributed by atoms with Crippen molar-refractivity contribution in [1.29, 1.82) is 0 Å². The Bertz CT molecular complexity index is 1130. The van der Waals surface area contributed by atoms with Crippen LogP contribution in [-0.4, -0.2) is 36.0 Å². The van der Waals surface area contributed by atoms with Crippen molar-refractivity contribution in [2.24, 2.45) is 14.1 Å². The van der Waals surface area contributed by atoms with Crippen molar-refractivity contribution in [3.8, 4) is 0 Å². The molecule has 1 aliphatic rings. The topological polar surface area (TPSA) is 119 Å². The fraction of sp³-hybridized carbons (Fsp3) is 0.500. The third-order valence-electron chi connectivity index (χ3n) is 5.11. The Kier molecular flexibility index (Phi) is 5.71. The molecule has 1 aromatic heterocycles. The number of amides is 1. The molecule has 2 aromatic rings. The summed E-state index contributed by atoms with van der Waals surface area (Å²) in [5.74, 6) is -0.183. The summed E-state index contributed by atoms with van der Waals surface area (Å²) in [5, 5.41) is 3.04. The molecule has 1 aromatic carbocycles. The van der Waals surface area contributed by atoms with E-state index in [9.17, 15) is 22.8 Å². The first-order valence-electron chi connectivity index (χ1n) is 9.19. The number of hydrogen-bond donors (Lipinski definition) is 2. The molecular weight excluding hydrogens is 384 g/mol. The highest BCUT2D eigenvalue weighted by molar-refractivity contribution is 7.89. The van der Waals surface area contributed by atoms with E-state index in [1.807, 2.05) is 0 Å². The molecule has 2 N–H and O–H groups in total. The summed E-state index contributed by atoms with van der Waals surface area (Å²) >= 11 is 0. The molecule has 10 heteroatoms. The van der Waals surface area contributed by atoms with Crippen molar-refractivity contribution >= 4 is 26.8 Å². The van der Waals surface area contributed by atoms with Crippen LogP contribution in [0.5, 0.6) is 0 Å². The third kappa shape index (κ3) is 4.02. The van der Waals surface area contributed by atoms with Crippen molar-refractivity contribution in [2.45, 2.75) is 43.0 Å². The van der Waals surface area contributed by atoms with Gasteiger partial charge in [0.15, 0.2) is 0 Å². The first kappa shape index (κ1) is 20.3. The van der Waals surface area contributed by atoms with Crippen LogP contribution in [0, 0.1) is 0 Å². The molecule has 152 valence electrons. The summed E-state index contributed by atoms with van der Waals surface area (Å²) in [7, 11) is -1.04. The molecule has 28 heavy (non-hydrogen) atoms. The van der Waals surface area contributed by atoms with Gasteiger partial charge in [0.25, 0.3) is 5.56 Å². The van der Waals surface area contributed by atoms with Crippen molar-refractivity contribution in [2.75, 3.05) is 6.54 Å². The monoisotopic (exact) mass is 408 g/mol. The standard InChI is InChI=1S/C18H24N4O5S/c1-21-15-8-7-13(11-14(15)17(24)22(2)18(21)25)28(26,27)19-10-9-16(23)20-12-5-3-4-6-12/h7-8,11-12,19H,3-6,9-10H2,1-2H3,(H,20,23). The highest BCUT2D eigenvalue weighted by atomic mass is 32.2. The van der Waals surface area contributed by atoms with Gasteiger partial charge in [-0.2, -0.15) is 0 Å². The van der Waals surface area contributed by atoms with Gasteiger partial charge in [-0.25, -0.2) is 17.9 Å². The van der Waals surface area contributed by atoms with E-state index in [-0.39, 0.29) is 35.2 Å². The van der Waals surface area contributed by atoms with E-state index >= 15 is 0 Å². The minimum atomic E-state index is -3.89. The Morgan fingerprint density at radius 2 is 1.82 bits per heavy atom. The summed E-state index contributed by atoms with van der Waals surface area (Å²) < 4.78 is 29.7. The SMILES string of the molecule is Cn1c(=O)c2cc(S(=O)(=O)NCCC(=O)NC3CCCC3)ccc2n(C)c1=O. The van der Waals surface area contributed by atoms with Crippen LogP contribution in [-0.2, 0) is 28.9 Å². The summed E-state index contributed by atoms with van der Waals surface area (Å²) in [5.41, 5.74) is -0.700. The van der Waals surface area contributed by atoms with E-state index in [2.05, 4.69) is 10.0 Å². The average Bonchev–Trinajstić information content (AvgIpc) is 3.16. The maximum absolute atomic E-state index is 12.5. The van der Waals surface area contributed by atoms with Gasteiger partial charge in [-0.1, -0.05) is 12.8 Å². The van der Waals surface area contributed by atoms with Crippen LogP contribution in [0.4, 0.5) is 0 Å². The maximum atomic E-state index is 12.5. The van der Waals surface area contributed by atoms with E-state index in [4.69, 9.17) is 0 Å². The van der Waals surface area contributed by atoms with Crippen molar-refractivity contribution < 1.29 is 13.2 Å². The molecule has 0 bridgehead atoms. The molecule has 0 radical (unpaired) electrons. The van der Waals surface area contributed by atoms with E-state index in [1.165, 1.54) is 36.9 Å². The number of benzene rings is 1. The predicted octanol–water partition coefficient (Wildman–Crippen LogP) is -0.0356. The molecule has 1 fully saturated rings. The first-order valence-corrected chi connectivity index (χ1v) is 10.7. The lowest BCUT2D eigenvalue weighted by molar-refractivity contribution is -0.121. The van der Waals surface area contributed by atoms with Gasteiger partial charge in [0, 0.05) is 33.1 Å². The van der Waals surface area contributed by atoms with Crippen LogP contribution in [0.15, 0.2) is 32.7 Å². The molecule has 0 unspecified atom stereocenters. The second-order valence-corrected chi connectivity index (χ2v) is 8.85. The van der Waals surface area contributed by atoms with Gasteiger partial charge in [0.1, 0.15) is 0 Å². The molecule has 0 spiro atoms. The molecule has 1 heterocycles. The molecule has 0 aliphatic heterocycles. The number of fused-ring (bicyclic) bond motifs is 1. The van der Waals surface area contributed by atoms with Gasteiger partial charge < -0.3 is 5.32 Å². The number of aryl methyl sites for hydroxylation is 1. The molecule has 1 saturated carbocycles. The van der Waals surface area contributed by atoms with Crippen LogP contribution < -0.4 is 21.3 Å². The van der Waals surface area contributed by atoms with Crippen molar-refractivity contribution in [1.82, 2.24) is 19.2 Å². The molecule has 3 rings (SSSR count). The largest absolute Gasteiger partial charge is 0.353 e. The zero-order valence-corrected chi connectivity index (χ0v) is 16.7. The quantitative estimate of drug-likeness (QED) is 0.695. The lowest BCUT2D eigenvalue weighted by atomic mass is 10.2. The summed E-state index contributed by atoms with van der Waals surface area (Å²) in [6.45, 7) is -0.0375. The first-order chi connectivity index (χ1) is 13.2. The third-order valence-corrected chi connectivity index (χ3v) is 6.57. The minimum Gasteiger partial charge on any atom is -0.353 e. The number of aromatic nitrogens is 2. The molecule has 0 saturated heterocycles. The van der Waals surface area contributed by atoms with Gasteiger partial charge in [0.2, 0.25) is 15.9 Å². The number of rotatable bonds is 6. The maximum Gasteiger partial charge on any atom is 0.330 e. The minimum absolute atomic E-state index is 0.0375. The number of nitrogens with zero attached hydrogens (tertiary/aromatic N) is 2. The average molecular weight is 408 g/mol. The summed E-state index contributed by atoms with van der Waals surface area (Å²) in [6.07, 6.45) is 4.17. The van der Waals surface area contributed by atoms with Gasteiger partial charge >= 0.3 is 5.69 Å². The lowest BCUT2D eigenvalue weighted by Crippen LogP contribution is -2.37. The second-order valence-electron chi connectivity index (χ2n) is 7.08. The fourth-order valence-corrected chi connectivity index (χ4v) is 4.55. The normalized spacial score (nSPS) is 15.2. The molecule has 1 amide bonds. The summed E-state index contributed by atoms with van der Waals surface area (Å²) in [4.78, 5) is 36.1. The van der Waals surface area contributed by atoms with E-state index in [0.29, 0.717) is 5.52 Å². The van der Waals surface area contributed by atoms with Crippen molar-refractivity contribution in [3.05, 3.63) is 39.0 Å². The summed E-state index contributed by atoms with van der Waals surface area (Å²) in [6, 6.07) is 4.20. The number of hydrogen-bond acceptors (Lipinski definition) is 5. The van der Waals surface area contributed by atoms with E-state index in [0.717, 1.165) is 30.3 Å². The van der Waals surface area contributed by atoms with E-state index < -0.39 is 21.3 Å². The van der Waals surface area contributed by atoms with Gasteiger partial charge in [-0.05, 0) is 31.0 Å². The van der Waals surface area contributed by atoms with Crippen LogP contribution in [0.2, 0.25) is 0 Å². The Labute approximate surface area is 162 Å². The molecule has 1 aliphatic carbocycles. The van der Waals surface area contributed by atoms with Crippen LogP contribution in [0.1, 0.15) is 32.1 Å². The second kappa shape index (κ2) is 7.88. The Morgan fingerprint density at radius 3 is 2.50 bits per heavy atom. The Morgan fingerprint density at radius 1 is 1.14 bits per heavy atom. The van der Waals surface area contributed by atoms with Gasteiger partial charge in [-0.15, -0.1) is 0 Å². The van der Waals surface area contributed by atoms with E-state index in [1.54, 1.807) is 0 Å². The smallest absolute Gasteiger partial charge is 0.330 e. The van der Waals surface area contributed by atoms with Gasteiger partial charge in [0.05, 0.1) is 15.8 Å². The Balaban J connectivity index is 1.74. The van der Waals surface area contributed by atoms with Crippen molar-refractivity contribution in [3.63, 3.8) is 0 Å². The highest BCUT2D eigenvalue weighted by Crippen LogP contribution is 2.18. The zero-order valence-electron chi connectivity index (χ0n) is 15.9. The molecule has 9 nitrogen and oxygen atoms in total. The number of sulfonamides is 1. The van der Waals surface area contributed by atoms with Crippen LogP contribution >= 0.6 is 0 Å².